The third-order valence-corrected chi connectivity index (χ3v) is 8.50. The Morgan fingerprint density at radius 2 is 1.24 bits per heavy atom. The number of nitrogens with one attached hydrogen (secondary N) is 4. The van der Waals surface area contributed by atoms with E-state index < -0.39 is 19.0 Å². The molecule has 17 heteroatoms. The molecule has 0 aromatic heterocycles. The van der Waals surface area contributed by atoms with Gasteiger partial charge in [-0.1, -0.05) is 104 Å². The summed E-state index contributed by atoms with van der Waals surface area (Å²) >= 11 is 9.42. The van der Waals surface area contributed by atoms with E-state index in [0.29, 0.717) is 47.8 Å². The fraction of sp³-hybridized carbons (Fsp3) is 0.524. The zero-order valence-electron chi connectivity index (χ0n) is 37.6. The van der Waals surface area contributed by atoms with Gasteiger partial charge in [0.05, 0.1) is 62.1 Å². The second-order valence-electron chi connectivity index (χ2n) is 12.2. The molecule has 3 saturated heterocycles. The van der Waals surface area contributed by atoms with Crippen LogP contribution in [0.3, 0.4) is 0 Å². The van der Waals surface area contributed by atoms with Gasteiger partial charge in [0, 0.05) is 39.2 Å². The van der Waals surface area contributed by atoms with E-state index in [9.17, 15) is 33.2 Å². The number of hydrogen-bond acceptors (Lipinski definition) is 8. The fourth-order valence-corrected chi connectivity index (χ4v) is 5.15. The van der Waals surface area contributed by atoms with Gasteiger partial charge in [-0.15, -0.1) is 0 Å². The molecule has 4 aliphatic rings. The van der Waals surface area contributed by atoms with Gasteiger partial charge in [0.1, 0.15) is 0 Å². The molecule has 6 atom stereocenters. The third-order valence-electron chi connectivity index (χ3n) is 8.12. The number of carbonyl (C=O) groups excluding carboxylic acids is 6. The van der Waals surface area contributed by atoms with Crippen LogP contribution >= 0.6 is 50.7 Å². The quantitative estimate of drug-likeness (QED) is 0.0201. The molecular weight excluding hydrogens is 978 g/mol. The number of fused-ring (bicyclic) bond motifs is 1. The Morgan fingerprint density at radius 3 is 1.41 bits per heavy atom. The molecular formula is C42H66BBrFIKN5O6S+. The molecule has 1 aromatic rings. The number of benzene rings is 1. The molecule has 0 spiro atoms. The Hall–Kier alpha value is -1.58. The van der Waals surface area contributed by atoms with Crippen molar-refractivity contribution in [2.75, 3.05) is 19.0 Å². The summed E-state index contributed by atoms with van der Waals surface area (Å²) in [5.41, 5.74) is 0.829. The number of halogens is 3. The predicted molar refractivity (Wildman–Crippen MR) is 256 cm³/mol. The fourth-order valence-electron chi connectivity index (χ4n) is 4.88. The largest absolute Gasteiger partial charge is 1.00 e. The number of allylic oxidation sites excluding steroid dienone is 5. The number of alkyl halides is 2. The van der Waals surface area contributed by atoms with Gasteiger partial charge >= 0.3 is 51.4 Å². The van der Waals surface area contributed by atoms with Crippen LogP contribution in [0.2, 0.25) is 0 Å². The standard InChI is InChI=1S/C8H5NO2.C6H10BN2O2.2C6H11NO.2C5H10.C4H6Br.CH3F.CHIS.K/c10-7-5-3-1-2-4-6(5)8(11)9-7;1-4-5(6(11)9-4)2-8-7-3-10;2*1-3-5-4(2)7-6(5)8;2*1-3-5-4-2;1-2-3-4-5;1-2;2-1-3;/h1-4H,(H,9,10,11);3-5,8H,2H2,1H3,(H,9,11);2*4-5H,3H2,1-2H3,(H,7,8);2*3,5H,4H2,1-2H3;2-3H,1,4H2;1H3;1H;/q;;;;;;+1;;;+1/p-1/b;;;;2*5-3+;;;;/t;3*4-,5-;;;;;;/m.111....../s1/i;;;;;;;1D;;. The molecule has 59 heavy (non-hydrogen) atoms. The van der Waals surface area contributed by atoms with Crippen molar-refractivity contribution < 1.29 is 85.9 Å². The molecule has 0 unspecified atom stereocenters. The van der Waals surface area contributed by atoms with E-state index in [2.05, 4.69) is 99.4 Å². The van der Waals surface area contributed by atoms with Crippen molar-refractivity contribution in [3.05, 3.63) is 84.1 Å². The normalized spacial score (nSPS) is 20.6. The number of hydrogen-bond donors (Lipinski definition) is 4. The van der Waals surface area contributed by atoms with Crippen molar-refractivity contribution in [1.82, 2.24) is 21.2 Å². The Morgan fingerprint density at radius 1 is 0.881 bits per heavy atom. The van der Waals surface area contributed by atoms with Crippen molar-refractivity contribution in [1.29, 1.82) is 0 Å². The van der Waals surface area contributed by atoms with Crippen molar-refractivity contribution in [3.63, 3.8) is 0 Å². The van der Waals surface area contributed by atoms with Gasteiger partial charge in [-0.3, -0.25) is 18.8 Å². The summed E-state index contributed by atoms with van der Waals surface area (Å²) in [7, 11) is 0.304. The molecule has 0 bridgehead atoms. The minimum absolute atomic E-state index is 0. The van der Waals surface area contributed by atoms with Gasteiger partial charge in [0.25, 0.3) is 7.41 Å². The number of rotatable bonds is 10. The van der Waals surface area contributed by atoms with Crippen LogP contribution < -0.4 is 72.6 Å². The number of nitrogens with zero attached hydrogens (tertiary/aromatic N) is 1. The van der Waals surface area contributed by atoms with E-state index in [1.165, 1.54) is 7.41 Å². The number of imide groups is 1. The van der Waals surface area contributed by atoms with E-state index in [-0.39, 0.29) is 81.1 Å². The zero-order chi connectivity index (χ0) is 46.2. The van der Waals surface area contributed by atoms with Crippen molar-refractivity contribution in [2.45, 2.75) is 106 Å². The molecule has 4 heterocycles. The van der Waals surface area contributed by atoms with Gasteiger partial charge in [-0.05, 0) is 89.4 Å². The smallest absolute Gasteiger partial charge is 0.587 e. The summed E-state index contributed by atoms with van der Waals surface area (Å²) in [4.78, 5) is 63.5. The average Bonchev–Trinajstić information content (AvgIpc) is 3.49. The van der Waals surface area contributed by atoms with E-state index >= 15 is 0 Å². The molecule has 0 aliphatic carbocycles. The first kappa shape index (κ1) is 64.1. The maximum atomic E-state index is 10.9. The topological polar surface area (TPSA) is 165 Å². The average molecular weight is 1050 g/mol. The van der Waals surface area contributed by atoms with Crippen LogP contribution in [-0.4, -0.2) is 83.7 Å². The van der Waals surface area contributed by atoms with Gasteiger partial charge in [-0.25, -0.2) is 0 Å². The summed E-state index contributed by atoms with van der Waals surface area (Å²) in [6.45, 7) is 22.4. The van der Waals surface area contributed by atoms with E-state index in [4.69, 9.17) is 1.37 Å². The van der Waals surface area contributed by atoms with Crippen molar-refractivity contribution in [3.8, 4) is 0 Å². The van der Waals surface area contributed by atoms with Gasteiger partial charge in [0.2, 0.25) is 17.7 Å². The van der Waals surface area contributed by atoms with Gasteiger partial charge < -0.3 is 40.9 Å². The SMILES string of the molecule is C/C=C/CC.C/C=C/CC.C=C[CH+]CBr.CC[C@H]1C(=O)N[C@@H]1C.CC[C@H]1C(=O)N[C@@H]1C.C[C@H]1NC(=O)[C@@H]1CN[B]C=O.O=C1[N-]C(=O)c2ccccc21.S=CI.[2H]CF.[K+]. The van der Waals surface area contributed by atoms with E-state index in [1.807, 2.05) is 77.5 Å². The zero-order valence-corrected chi connectivity index (χ0v) is 44.2. The first-order valence-corrected chi connectivity index (χ1v) is 21.9. The summed E-state index contributed by atoms with van der Waals surface area (Å²) in [5, 5.41) is 15.2. The molecule has 325 valence electrons. The number of amides is 5. The predicted octanol–water partition coefficient (Wildman–Crippen LogP) is 5.62. The number of carbonyl (C=O) groups is 6. The van der Waals surface area contributed by atoms with Gasteiger partial charge in [-0.2, -0.15) is 0 Å². The maximum Gasteiger partial charge on any atom is 1.00 e. The first-order chi connectivity index (χ1) is 28.1. The summed E-state index contributed by atoms with van der Waals surface area (Å²) < 4.78 is 17.1. The Balaban J connectivity index is -0.000000195. The Labute approximate surface area is 426 Å². The molecule has 1 radical (unpaired) electrons. The summed E-state index contributed by atoms with van der Waals surface area (Å²) in [6, 6.07) is 7.71. The minimum Gasteiger partial charge on any atom is -0.587 e. The third kappa shape index (κ3) is 31.9. The monoisotopic (exact) mass is 1040 g/mol. The molecule has 3 fully saturated rings. The van der Waals surface area contributed by atoms with Crippen LogP contribution in [-0.2, 0) is 19.2 Å². The van der Waals surface area contributed by atoms with E-state index in [1.54, 1.807) is 33.7 Å². The molecule has 4 aliphatic heterocycles. The number of thiocarbonyl (C=S) groups is 1. The minimum atomic E-state index is -1.00. The second-order valence-corrected chi connectivity index (χ2v) is 14.5. The van der Waals surface area contributed by atoms with Crippen LogP contribution in [0.1, 0.15) is 110 Å². The summed E-state index contributed by atoms with van der Waals surface area (Å²) in [5.74, 6) is 0.275. The molecule has 0 saturated carbocycles. The molecule has 5 rings (SSSR count). The van der Waals surface area contributed by atoms with Crippen molar-refractivity contribution in [2.24, 2.45) is 17.8 Å². The molecule has 1 aromatic carbocycles. The van der Waals surface area contributed by atoms with Crippen LogP contribution in [0.15, 0.2) is 61.2 Å². The van der Waals surface area contributed by atoms with Crippen LogP contribution in [0.4, 0.5) is 4.39 Å². The van der Waals surface area contributed by atoms with E-state index in [0.717, 1.165) is 31.0 Å². The van der Waals surface area contributed by atoms with Crippen molar-refractivity contribution >= 4 is 97.2 Å². The Bertz CT molecular complexity index is 1350. The summed E-state index contributed by atoms with van der Waals surface area (Å²) in [6.07, 6.45) is 17.0. The Kier molecular flexibility index (Phi) is 49.9. The molecule has 4 N–H and O–H groups in total. The molecule has 5 amide bonds. The maximum absolute atomic E-state index is 10.9. The second kappa shape index (κ2) is 45.9. The first-order valence-electron chi connectivity index (χ1n) is 19.8. The van der Waals surface area contributed by atoms with Gasteiger partial charge in [0.15, 0.2) is 0 Å². The van der Waals surface area contributed by atoms with Crippen LogP contribution in [0.25, 0.3) is 5.32 Å². The molecule has 11 nitrogen and oxygen atoms in total. The van der Waals surface area contributed by atoms with Crippen LogP contribution in [0.5, 0.6) is 0 Å². The number of β-lactam (4-membered cyclic amide) rings is 3. The van der Waals surface area contributed by atoms with Crippen LogP contribution in [0, 0.1) is 24.2 Å².